The fourth-order valence-corrected chi connectivity index (χ4v) is 4.10. The van der Waals surface area contributed by atoms with Gasteiger partial charge >= 0.3 is 11.9 Å². The summed E-state index contributed by atoms with van der Waals surface area (Å²) >= 11 is 0. The van der Waals surface area contributed by atoms with Crippen LogP contribution in [0.25, 0.3) is 0 Å². The quantitative estimate of drug-likeness (QED) is 0.0663. The van der Waals surface area contributed by atoms with Gasteiger partial charge in [0.15, 0.2) is 6.10 Å². The Balaban J connectivity index is 3.63. The lowest BCUT2D eigenvalue weighted by atomic mass is 10.1. The minimum absolute atomic E-state index is 0.0689. The van der Waals surface area contributed by atoms with Gasteiger partial charge in [-0.15, -0.1) is 0 Å². The van der Waals surface area contributed by atoms with E-state index in [1.165, 1.54) is 70.6 Å². The van der Waals surface area contributed by atoms with E-state index in [-0.39, 0.29) is 25.2 Å². The number of esters is 2. The van der Waals surface area contributed by atoms with Crippen LogP contribution in [0.5, 0.6) is 0 Å². The van der Waals surface area contributed by atoms with Crippen molar-refractivity contribution in [2.24, 2.45) is 0 Å². The number of hydrogen-bond acceptors (Lipinski definition) is 5. The maximum Gasteiger partial charge on any atom is 0.306 e. The summed E-state index contributed by atoms with van der Waals surface area (Å²) < 4.78 is 10.5. The molecule has 0 heterocycles. The maximum atomic E-state index is 12.0. The topological polar surface area (TPSA) is 72.8 Å². The standard InChI is InChI=1S/C32H58O5/c1-3-5-7-9-11-13-14-15-16-17-19-21-23-25-27-32(35)37-30(28-33)29-36-31(34)26-24-22-20-18-12-10-8-6-4-2/h9,11,14-15,30,33H,3-8,10,12-13,16-29H2,1-2H3/b11-9+,15-14+/t30-/m0/s1. The molecule has 0 aromatic heterocycles. The molecule has 0 aromatic rings. The molecule has 0 amide bonds. The molecule has 5 nitrogen and oxygen atoms in total. The van der Waals surface area contributed by atoms with E-state index in [2.05, 4.69) is 38.2 Å². The van der Waals surface area contributed by atoms with Gasteiger partial charge in [-0.2, -0.15) is 0 Å². The van der Waals surface area contributed by atoms with Crippen molar-refractivity contribution in [1.82, 2.24) is 0 Å². The number of aliphatic hydroxyl groups excluding tert-OH is 1. The van der Waals surface area contributed by atoms with Crippen LogP contribution >= 0.6 is 0 Å². The molecule has 216 valence electrons. The van der Waals surface area contributed by atoms with Crippen molar-refractivity contribution >= 4 is 11.9 Å². The molecule has 0 fully saturated rings. The molecule has 0 saturated carbocycles. The highest BCUT2D eigenvalue weighted by molar-refractivity contribution is 5.70. The van der Waals surface area contributed by atoms with Crippen LogP contribution in [-0.4, -0.2) is 36.4 Å². The van der Waals surface area contributed by atoms with Crippen molar-refractivity contribution in [1.29, 1.82) is 0 Å². The van der Waals surface area contributed by atoms with Gasteiger partial charge in [0.1, 0.15) is 6.61 Å². The molecule has 37 heavy (non-hydrogen) atoms. The van der Waals surface area contributed by atoms with Crippen LogP contribution in [0.15, 0.2) is 24.3 Å². The first-order valence-corrected chi connectivity index (χ1v) is 15.4. The predicted octanol–water partition coefficient (Wildman–Crippen LogP) is 8.78. The van der Waals surface area contributed by atoms with Gasteiger partial charge in [-0.1, -0.05) is 122 Å². The van der Waals surface area contributed by atoms with Gasteiger partial charge < -0.3 is 14.6 Å². The number of unbranched alkanes of at least 4 members (excludes halogenated alkanes) is 15. The molecule has 0 aliphatic carbocycles. The van der Waals surface area contributed by atoms with Crippen molar-refractivity contribution < 1.29 is 24.2 Å². The fraction of sp³-hybridized carbons (Fsp3) is 0.812. The van der Waals surface area contributed by atoms with Crippen LogP contribution in [0.4, 0.5) is 0 Å². The first-order valence-electron chi connectivity index (χ1n) is 15.4. The van der Waals surface area contributed by atoms with Crippen molar-refractivity contribution in [2.45, 2.75) is 155 Å². The second-order valence-electron chi connectivity index (χ2n) is 10.2. The largest absolute Gasteiger partial charge is 0.462 e. The summed E-state index contributed by atoms with van der Waals surface area (Å²) in [6.45, 7) is 4.04. The summed E-state index contributed by atoms with van der Waals surface area (Å²) in [5.74, 6) is -0.611. The minimum atomic E-state index is -0.771. The average molecular weight is 523 g/mol. The third-order valence-corrected chi connectivity index (χ3v) is 6.50. The summed E-state index contributed by atoms with van der Waals surface area (Å²) in [4.78, 5) is 24.0. The van der Waals surface area contributed by atoms with E-state index in [4.69, 9.17) is 9.47 Å². The highest BCUT2D eigenvalue weighted by atomic mass is 16.6. The molecule has 0 saturated heterocycles. The number of carbonyl (C=O) groups is 2. The number of ether oxygens (including phenoxy) is 2. The molecule has 0 aromatic carbocycles. The molecule has 0 aliphatic heterocycles. The molecule has 5 heteroatoms. The van der Waals surface area contributed by atoms with Crippen LogP contribution in [0, 0.1) is 0 Å². The second-order valence-corrected chi connectivity index (χ2v) is 10.2. The predicted molar refractivity (Wildman–Crippen MR) is 155 cm³/mol. The maximum absolute atomic E-state index is 12.0. The Bertz CT molecular complexity index is 570. The Morgan fingerprint density at radius 2 is 1.11 bits per heavy atom. The summed E-state index contributed by atoms with van der Waals surface area (Å²) in [6, 6.07) is 0. The van der Waals surface area contributed by atoms with Crippen molar-refractivity contribution in [3.8, 4) is 0 Å². The fourth-order valence-electron chi connectivity index (χ4n) is 4.10. The highest BCUT2D eigenvalue weighted by Gasteiger charge is 2.16. The van der Waals surface area contributed by atoms with Gasteiger partial charge in [-0.25, -0.2) is 0 Å². The first kappa shape index (κ1) is 35.4. The van der Waals surface area contributed by atoms with E-state index in [0.29, 0.717) is 12.8 Å². The van der Waals surface area contributed by atoms with Gasteiger partial charge in [0.2, 0.25) is 0 Å². The molecular weight excluding hydrogens is 464 g/mol. The monoisotopic (exact) mass is 522 g/mol. The molecule has 0 unspecified atom stereocenters. The zero-order chi connectivity index (χ0) is 27.2. The zero-order valence-corrected chi connectivity index (χ0v) is 24.2. The van der Waals surface area contributed by atoms with Crippen molar-refractivity contribution in [3.05, 3.63) is 24.3 Å². The molecule has 0 rings (SSSR count). The molecule has 0 spiro atoms. The summed E-state index contributed by atoms with van der Waals surface area (Å²) in [5.41, 5.74) is 0. The van der Waals surface area contributed by atoms with E-state index < -0.39 is 6.10 Å². The lowest BCUT2D eigenvalue weighted by Crippen LogP contribution is -2.28. The van der Waals surface area contributed by atoms with Crippen LogP contribution in [0.2, 0.25) is 0 Å². The summed E-state index contributed by atoms with van der Waals surface area (Å²) in [7, 11) is 0. The average Bonchev–Trinajstić information content (AvgIpc) is 2.90. The van der Waals surface area contributed by atoms with Gasteiger partial charge in [-0.05, 0) is 38.5 Å². The second kappa shape index (κ2) is 28.9. The SMILES string of the molecule is CCCC/C=C/C/C=C/CCCCCCCC(=O)O[C@@H](CO)COC(=O)CCCCCCCCCCC. The molecule has 0 radical (unpaired) electrons. The Morgan fingerprint density at radius 1 is 0.622 bits per heavy atom. The molecule has 1 N–H and O–H groups in total. The third-order valence-electron chi connectivity index (χ3n) is 6.50. The van der Waals surface area contributed by atoms with Crippen molar-refractivity contribution in [2.75, 3.05) is 13.2 Å². The number of aliphatic hydroxyl groups is 1. The molecule has 0 aliphatic rings. The van der Waals surface area contributed by atoms with E-state index in [0.717, 1.165) is 51.4 Å². The normalized spacial score (nSPS) is 12.4. The van der Waals surface area contributed by atoms with Crippen LogP contribution in [-0.2, 0) is 19.1 Å². The Morgan fingerprint density at radius 3 is 1.68 bits per heavy atom. The van der Waals surface area contributed by atoms with Gasteiger partial charge in [0.05, 0.1) is 6.61 Å². The first-order chi connectivity index (χ1) is 18.1. The smallest absolute Gasteiger partial charge is 0.306 e. The summed E-state index contributed by atoms with van der Waals surface area (Å²) in [5, 5.41) is 9.46. The van der Waals surface area contributed by atoms with Gasteiger partial charge in [0.25, 0.3) is 0 Å². The van der Waals surface area contributed by atoms with Gasteiger partial charge in [0, 0.05) is 12.8 Å². The molecule has 1 atom stereocenters. The van der Waals surface area contributed by atoms with E-state index in [1.54, 1.807) is 0 Å². The number of allylic oxidation sites excluding steroid dienone is 4. The lowest BCUT2D eigenvalue weighted by molar-refractivity contribution is -0.161. The van der Waals surface area contributed by atoms with E-state index in [9.17, 15) is 14.7 Å². The van der Waals surface area contributed by atoms with Crippen molar-refractivity contribution in [3.63, 3.8) is 0 Å². The number of rotatable bonds is 27. The minimum Gasteiger partial charge on any atom is -0.462 e. The van der Waals surface area contributed by atoms with E-state index in [1.807, 2.05) is 0 Å². The Labute approximate surface area is 228 Å². The molecular formula is C32H58O5. The van der Waals surface area contributed by atoms with Crippen LogP contribution in [0.3, 0.4) is 0 Å². The third kappa shape index (κ3) is 27.2. The Kier molecular flexibility index (Phi) is 27.7. The van der Waals surface area contributed by atoms with Crippen LogP contribution in [0.1, 0.15) is 149 Å². The molecule has 0 bridgehead atoms. The van der Waals surface area contributed by atoms with E-state index >= 15 is 0 Å². The van der Waals surface area contributed by atoms with Gasteiger partial charge in [-0.3, -0.25) is 9.59 Å². The lowest BCUT2D eigenvalue weighted by Gasteiger charge is -2.15. The van der Waals surface area contributed by atoms with Crippen LogP contribution < -0.4 is 0 Å². The number of carbonyl (C=O) groups excluding carboxylic acids is 2. The summed E-state index contributed by atoms with van der Waals surface area (Å²) in [6.07, 6.45) is 30.8. The Hall–Kier alpha value is -1.62. The highest BCUT2D eigenvalue weighted by Crippen LogP contribution is 2.12. The zero-order valence-electron chi connectivity index (χ0n) is 24.2. The number of hydrogen-bond donors (Lipinski definition) is 1.